The molecule has 0 spiro atoms. The van der Waals surface area contributed by atoms with Crippen molar-refractivity contribution < 1.29 is 9.58 Å². The third-order valence-corrected chi connectivity index (χ3v) is 1.13. The highest BCUT2D eigenvalue weighted by atomic mass is 16.7. The Hall–Kier alpha value is -1.38. The lowest BCUT2D eigenvalue weighted by molar-refractivity contribution is -0.716. The van der Waals surface area contributed by atoms with E-state index in [0.29, 0.717) is 5.82 Å². The Morgan fingerprint density at radius 2 is 2.40 bits per heavy atom. The van der Waals surface area contributed by atoms with Crippen LogP contribution in [0.25, 0.3) is 0 Å². The van der Waals surface area contributed by atoms with Crippen LogP contribution in [0, 0.1) is 0 Å². The Morgan fingerprint density at radius 3 is 2.90 bits per heavy atom. The van der Waals surface area contributed by atoms with E-state index < -0.39 is 0 Å². The van der Waals surface area contributed by atoms with Crippen LogP contribution >= 0.6 is 0 Å². The van der Waals surface area contributed by atoms with Gasteiger partial charge in [0, 0.05) is 6.07 Å². The molecule has 52 valence electrons. The highest BCUT2D eigenvalue weighted by Crippen LogP contribution is 2.02. The zero-order valence-corrected chi connectivity index (χ0v) is 5.82. The molecule has 0 aliphatic heterocycles. The normalized spacial score (nSPS) is 8.90. The van der Waals surface area contributed by atoms with E-state index in [1.807, 2.05) is 18.2 Å². The van der Waals surface area contributed by atoms with Crippen molar-refractivity contribution >= 4 is 12.5 Å². The quantitative estimate of drug-likeness (QED) is 0.345. The summed E-state index contributed by atoms with van der Waals surface area (Å²) in [7, 11) is 1.54. The van der Waals surface area contributed by atoms with Crippen molar-refractivity contribution in [2.45, 2.75) is 0 Å². The van der Waals surface area contributed by atoms with E-state index in [1.54, 1.807) is 13.3 Å². The summed E-state index contributed by atoms with van der Waals surface area (Å²) in [6.45, 7) is 3.58. The van der Waals surface area contributed by atoms with Gasteiger partial charge >= 0.3 is 5.82 Å². The van der Waals surface area contributed by atoms with Gasteiger partial charge in [0.05, 0.1) is 0 Å². The van der Waals surface area contributed by atoms with Crippen LogP contribution in [-0.4, -0.2) is 23.6 Å². The van der Waals surface area contributed by atoms with Crippen molar-refractivity contribution in [1.29, 1.82) is 0 Å². The molecule has 1 aromatic heterocycles. The summed E-state index contributed by atoms with van der Waals surface area (Å²) in [6.07, 6.45) is 1.69. The minimum Gasteiger partial charge on any atom is -0.339 e. The van der Waals surface area contributed by atoms with Crippen molar-refractivity contribution in [1.82, 2.24) is 4.98 Å². The maximum atomic E-state index is 4.80. The zero-order chi connectivity index (χ0) is 7.40. The molecule has 10 heavy (non-hydrogen) atoms. The molecule has 3 nitrogen and oxygen atoms in total. The molecule has 0 aliphatic carbocycles. The lowest BCUT2D eigenvalue weighted by Gasteiger charge is -1.94. The number of nitrogens with zero attached hydrogens (tertiary/aromatic N) is 2. The SMILES string of the molecule is C=[N+](OC)c1ccccn1. The second kappa shape index (κ2) is 2.96. The second-order valence-electron chi connectivity index (χ2n) is 1.75. The van der Waals surface area contributed by atoms with Crippen LogP contribution in [0.1, 0.15) is 0 Å². The van der Waals surface area contributed by atoms with E-state index in [4.69, 9.17) is 4.84 Å². The summed E-state index contributed by atoms with van der Waals surface area (Å²) >= 11 is 0. The molecule has 0 aromatic carbocycles. The van der Waals surface area contributed by atoms with Crippen LogP contribution < -0.4 is 0 Å². The molecular weight excluding hydrogens is 128 g/mol. The summed E-state index contributed by atoms with van der Waals surface area (Å²) in [6, 6.07) is 5.53. The summed E-state index contributed by atoms with van der Waals surface area (Å²) in [5.41, 5.74) is 0. The van der Waals surface area contributed by atoms with E-state index in [0.717, 1.165) is 0 Å². The highest BCUT2D eigenvalue weighted by Gasteiger charge is 2.03. The van der Waals surface area contributed by atoms with Gasteiger partial charge in [0.15, 0.2) is 0 Å². The highest BCUT2D eigenvalue weighted by molar-refractivity contribution is 5.24. The van der Waals surface area contributed by atoms with E-state index in [2.05, 4.69) is 11.7 Å². The summed E-state index contributed by atoms with van der Waals surface area (Å²) in [5, 5.41) is 0. The lowest BCUT2D eigenvalue weighted by Crippen LogP contribution is -2.00. The van der Waals surface area contributed by atoms with Gasteiger partial charge in [0.25, 0.3) is 0 Å². The van der Waals surface area contributed by atoms with Crippen molar-refractivity contribution in [3.63, 3.8) is 0 Å². The van der Waals surface area contributed by atoms with Crippen molar-refractivity contribution in [2.24, 2.45) is 0 Å². The molecule has 0 amide bonds. The fourth-order valence-electron chi connectivity index (χ4n) is 0.595. The Kier molecular flexibility index (Phi) is 1.99. The van der Waals surface area contributed by atoms with Gasteiger partial charge in [-0.2, -0.15) is 0 Å². The number of hydrogen-bond donors (Lipinski definition) is 0. The van der Waals surface area contributed by atoms with Crippen LogP contribution in [0.4, 0.5) is 5.82 Å². The molecule has 1 rings (SSSR count). The van der Waals surface area contributed by atoms with E-state index >= 15 is 0 Å². The summed E-state index contributed by atoms with van der Waals surface area (Å²) < 4.78 is 1.35. The average molecular weight is 137 g/mol. The van der Waals surface area contributed by atoms with Gasteiger partial charge < -0.3 is 4.84 Å². The third-order valence-electron chi connectivity index (χ3n) is 1.13. The molecule has 0 atom stereocenters. The van der Waals surface area contributed by atoms with Crippen LogP contribution in [0.5, 0.6) is 0 Å². The molecule has 1 heterocycles. The lowest BCUT2D eigenvalue weighted by atomic mass is 10.5. The maximum Gasteiger partial charge on any atom is 0.360 e. The predicted octanol–water partition coefficient (Wildman–Crippen LogP) is 0.988. The van der Waals surface area contributed by atoms with Crippen molar-refractivity contribution in [2.75, 3.05) is 7.11 Å². The Balaban J connectivity index is 2.85. The van der Waals surface area contributed by atoms with Gasteiger partial charge in [0.1, 0.15) is 20.0 Å². The van der Waals surface area contributed by atoms with Gasteiger partial charge in [-0.05, 0) is 11.1 Å². The maximum absolute atomic E-state index is 4.80. The molecule has 1 aromatic rings. The van der Waals surface area contributed by atoms with Crippen LogP contribution in [0.2, 0.25) is 0 Å². The fourth-order valence-corrected chi connectivity index (χ4v) is 0.595. The van der Waals surface area contributed by atoms with Crippen LogP contribution in [-0.2, 0) is 4.84 Å². The molecule has 0 unspecified atom stereocenters. The average Bonchev–Trinajstić information content (AvgIpc) is 2.05. The molecule has 0 bridgehead atoms. The van der Waals surface area contributed by atoms with Gasteiger partial charge in [-0.25, -0.2) is 0 Å². The van der Waals surface area contributed by atoms with Crippen LogP contribution in [0.3, 0.4) is 0 Å². The summed E-state index contributed by atoms with van der Waals surface area (Å²) in [5.74, 6) is 0.699. The third kappa shape index (κ3) is 1.31. The summed E-state index contributed by atoms with van der Waals surface area (Å²) in [4.78, 5) is 8.78. The second-order valence-corrected chi connectivity index (χ2v) is 1.75. The van der Waals surface area contributed by atoms with Crippen LogP contribution in [0.15, 0.2) is 24.4 Å². The van der Waals surface area contributed by atoms with Crippen molar-refractivity contribution in [3.8, 4) is 0 Å². The molecule has 0 radical (unpaired) electrons. The number of pyridine rings is 1. The predicted molar refractivity (Wildman–Crippen MR) is 38.3 cm³/mol. The van der Waals surface area contributed by atoms with Crippen molar-refractivity contribution in [3.05, 3.63) is 24.4 Å². The van der Waals surface area contributed by atoms with E-state index in [-0.39, 0.29) is 0 Å². The first-order valence-corrected chi connectivity index (χ1v) is 2.90. The minimum absolute atomic E-state index is 0.699. The van der Waals surface area contributed by atoms with E-state index in [1.165, 1.54) is 4.74 Å². The molecule has 0 aliphatic rings. The Bertz CT molecular complexity index is 220. The number of rotatable bonds is 2. The van der Waals surface area contributed by atoms with Gasteiger partial charge in [-0.1, -0.05) is 10.8 Å². The first kappa shape index (κ1) is 6.74. The molecule has 0 N–H and O–H groups in total. The largest absolute Gasteiger partial charge is 0.360 e. The number of aromatic nitrogens is 1. The molecular formula is C7H9N2O+. The standard InChI is InChI=1S/C7H9N2O/c1-9(10-2)7-5-3-4-6-8-7/h3-6H,1H2,2H3/q+1. The fraction of sp³-hybridized carbons (Fsp3) is 0.143. The zero-order valence-electron chi connectivity index (χ0n) is 5.82. The smallest absolute Gasteiger partial charge is 0.339 e. The first-order valence-electron chi connectivity index (χ1n) is 2.90. The van der Waals surface area contributed by atoms with Gasteiger partial charge in [-0.15, -0.1) is 0 Å². The Morgan fingerprint density at radius 1 is 1.60 bits per heavy atom. The molecule has 0 saturated carbocycles. The number of hydrogen-bond acceptors (Lipinski definition) is 2. The Labute approximate surface area is 59.6 Å². The molecule has 0 fully saturated rings. The monoisotopic (exact) mass is 137 g/mol. The molecule has 0 saturated heterocycles. The first-order chi connectivity index (χ1) is 4.84. The topological polar surface area (TPSA) is 25.1 Å². The minimum atomic E-state index is 0.699. The van der Waals surface area contributed by atoms with Gasteiger partial charge in [0.2, 0.25) is 0 Å². The molecule has 3 heteroatoms. The van der Waals surface area contributed by atoms with E-state index in [9.17, 15) is 0 Å². The van der Waals surface area contributed by atoms with Gasteiger partial charge in [-0.3, -0.25) is 0 Å².